The number of aromatic nitrogens is 3. The number of carbonyl (C=O) groups excluding carboxylic acids is 1. The van der Waals surface area contributed by atoms with Crippen LogP contribution in [0.5, 0.6) is 0 Å². The molecule has 4 rings (SSSR count). The standard InChI is InChI=1S/C18H16N6O3/c1-12-9-13(11-19)21-18(20-12)24-6-4-23(5-7-24)17(25)14-10-16(27-22-14)15-3-2-8-26-15/h2-3,8-10H,4-7H2,1H3. The van der Waals surface area contributed by atoms with Crippen LogP contribution in [0.1, 0.15) is 21.9 Å². The highest BCUT2D eigenvalue weighted by Crippen LogP contribution is 2.22. The summed E-state index contributed by atoms with van der Waals surface area (Å²) in [5, 5.41) is 12.9. The fraction of sp³-hybridized carbons (Fsp3) is 0.278. The number of nitrogens with zero attached hydrogens (tertiary/aromatic N) is 6. The average molecular weight is 364 g/mol. The smallest absolute Gasteiger partial charge is 0.276 e. The molecular formula is C18H16N6O3. The quantitative estimate of drug-likeness (QED) is 0.692. The maximum absolute atomic E-state index is 12.7. The zero-order chi connectivity index (χ0) is 18.8. The number of hydrogen-bond donors (Lipinski definition) is 0. The summed E-state index contributed by atoms with van der Waals surface area (Å²) in [6.07, 6.45) is 1.53. The van der Waals surface area contributed by atoms with Gasteiger partial charge in [-0.3, -0.25) is 4.79 Å². The van der Waals surface area contributed by atoms with E-state index >= 15 is 0 Å². The van der Waals surface area contributed by atoms with Crippen molar-refractivity contribution in [1.82, 2.24) is 20.0 Å². The highest BCUT2D eigenvalue weighted by Gasteiger charge is 2.26. The second-order valence-electron chi connectivity index (χ2n) is 6.14. The molecule has 27 heavy (non-hydrogen) atoms. The van der Waals surface area contributed by atoms with E-state index in [1.165, 1.54) is 6.26 Å². The van der Waals surface area contributed by atoms with Crippen LogP contribution in [0.4, 0.5) is 5.95 Å². The van der Waals surface area contributed by atoms with Crippen LogP contribution in [0.25, 0.3) is 11.5 Å². The Hall–Kier alpha value is -3.67. The molecule has 0 N–H and O–H groups in total. The second kappa shape index (κ2) is 6.92. The minimum absolute atomic E-state index is 0.195. The third kappa shape index (κ3) is 3.37. The minimum Gasteiger partial charge on any atom is -0.461 e. The van der Waals surface area contributed by atoms with Crippen molar-refractivity contribution in [2.75, 3.05) is 31.1 Å². The zero-order valence-corrected chi connectivity index (χ0v) is 14.6. The molecule has 1 fully saturated rings. The Kier molecular flexibility index (Phi) is 4.30. The van der Waals surface area contributed by atoms with Gasteiger partial charge in [-0.15, -0.1) is 0 Å². The van der Waals surface area contributed by atoms with Crippen molar-refractivity contribution in [2.24, 2.45) is 0 Å². The number of furan rings is 1. The Labute approximate surface area is 154 Å². The summed E-state index contributed by atoms with van der Waals surface area (Å²) in [6, 6.07) is 8.74. The summed E-state index contributed by atoms with van der Waals surface area (Å²) >= 11 is 0. The van der Waals surface area contributed by atoms with Crippen LogP contribution in [0.15, 0.2) is 39.5 Å². The van der Waals surface area contributed by atoms with Crippen molar-refractivity contribution in [3.05, 3.63) is 47.6 Å². The maximum Gasteiger partial charge on any atom is 0.276 e. The van der Waals surface area contributed by atoms with Crippen LogP contribution >= 0.6 is 0 Å². The first-order chi connectivity index (χ1) is 13.1. The van der Waals surface area contributed by atoms with Gasteiger partial charge in [-0.25, -0.2) is 9.97 Å². The zero-order valence-electron chi connectivity index (χ0n) is 14.6. The molecule has 0 aliphatic carbocycles. The Morgan fingerprint density at radius 1 is 1.19 bits per heavy atom. The van der Waals surface area contributed by atoms with E-state index in [0.717, 1.165) is 5.69 Å². The van der Waals surface area contributed by atoms with Crippen molar-refractivity contribution < 1.29 is 13.7 Å². The lowest BCUT2D eigenvalue weighted by atomic mass is 10.2. The van der Waals surface area contributed by atoms with Crippen molar-refractivity contribution >= 4 is 11.9 Å². The van der Waals surface area contributed by atoms with Crippen LogP contribution in [-0.2, 0) is 0 Å². The van der Waals surface area contributed by atoms with Gasteiger partial charge in [0.05, 0.1) is 6.26 Å². The Morgan fingerprint density at radius 2 is 2.00 bits per heavy atom. The predicted octanol–water partition coefficient (Wildman–Crippen LogP) is 1.87. The number of amides is 1. The normalized spacial score (nSPS) is 14.2. The van der Waals surface area contributed by atoms with Gasteiger partial charge in [0.15, 0.2) is 11.5 Å². The van der Waals surface area contributed by atoms with E-state index in [1.807, 2.05) is 17.9 Å². The molecule has 3 aromatic heterocycles. The summed E-state index contributed by atoms with van der Waals surface area (Å²) < 4.78 is 10.4. The molecule has 0 spiro atoms. The largest absolute Gasteiger partial charge is 0.461 e. The molecule has 1 aliphatic heterocycles. The molecule has 0 aromatic carbocycles. The van der Waals surface area contributed by atoms with Gasteiger partial charge in [-0.1, -0.05) is 5.16 Å². The minimum atomic E-state index is -0.195. The number of hydrogen-bond acceptors (Lipinski definition) is 8. The fourth-order valence-corrected chi connectivity index (χ4v) is 2.93. The maximum atomic E-state index is 12.7. The molecule has 9 nitrogen and oxygen atoms in total. The van der Waals surface area contributed by atoms with Crippen LogP contribution in [0.2, 0.25) is 0 Å². The lowest BCUT2D eigenvalue weighted by Crippen LogP contribution is -2.49. The van der Waals surface area contributed by atoms with E-state index in [0.29, 0.717) is 49.3 Å². The molecule has 0 atom stereocenters. The van der Waals surface area contributed by atoms with Crippen molar-refractivity contribution in [3.63, 3.8) is 0 Å². The Balaban J connectivity index is 1.43. The van der Waals surface area contributed by atoms with Gasteiger partial charge in [-0.05, 0) is 25.1 Å². The number of aryl methyl sites for hydroxylation is 1. The summed E-state index contributed by atoms with van der Waals surface area (Å²) in [6.45, 7) is 3.97. The molecule has 0 unspecified atom stereocenters. The first-order valence-electron chi connectivity index (χ1n) is 8.44. The highest BCUT2D eigenvalue weighted by atomic mass is 16.5. The van der Waals surface area contributed by atoms with Gasteiger partial charge in [0.1, 0.15) is 11.8 Å². The second-order valence-corrected chi connectivity index (χ2v) is 6.14. The summed E-state index contributed by atoms with van der Waals surface area (Å²) in [5.41, 5.74) is 1.32. The van der Waals surface area contributed by atoms with Gasteiger partial charge in [0.25, 0.3) is 5.91 Å². The summed E-state index contributed by atoms with van der Waals surface area (Å²) in [7, 11) is 0. The van der Waals surface area contributed by atoms with Crippen molar-refractivity contribution in [1.29, 1.82) is 5.26 Å². The van der Waals surface area contributed by atoms with Gasteiger partial charge in [-0.2, -0.15) is 5.26 Å². The monoisotopic (exact) mass is 364 g/mol. The summed E-state index contributed by atoms with van der Waals surface area (Å²) in [5.74, 6) is 1.26. The van der Waals surface area contributed by atoms with E-state index in [-0.39, 0.29) is 11.6 Å². The fourth-order valence-electron chi connectivity index (χ4n) is 2.93. The molecular weight excluding hydrogens is 348 g/mol. The number of anilines is 1. The molecule has 3 aromatic rings. The molecule has 0 bridgehead atoms. The number of rotatable bonds is 3. The Morgan fingerprint density at radius 3 is 2.70 bits per heavy atom. The van der Waals surface area contributed by atoms with Crippen molar-refractivity contribution in [3.8, 4) is 17.6 Å². The van der Waals surface area contributed by atoms with E-state index in [2.05, 4.69) is 15.1 Å². The van der Waals surface area contributed by atoms with Gasteiger partial charge < -0.3 is 18.7 Å². The number of nitriles is 1. The SMILES string of the molecule is Cc1cc(C#N)nc(N2CCN(C(=O)c3cc(-c4ccco4)on3)CC2)n1. The van der Waals surface area contributed by atoms with Crippen LogP contribution in [0.3, 0.4) is 0 Å². The summed E-state index contributed by atoms with van der Waals surface area (Å²) in [4.78, 5) is 25.0. The van der Waals surface area contributed by atoms with E-state index in [4.69, 9.17) is 14.2 Å². The predicted molar refractivity (Wildman–Crippen MR) is 93.8 cm³/mol. The van der Waals surface area contributed by atoms with Gasteiger partial charge in [0, 0.05) is 37.9 Å². The number of piperazine rings is 1. The van der Waals surface area contributed by atoms with Gasteiger partial charge >= 0.3 is 0 Å². The highest BCUT2D eigenvalue weighted by molar-refractivity contribution is 5.93. The molecule has 136 valence electrons. The topological polar surface area (TPSA) is 112 Å². The molecule has 0 radical (unpaired) electrons. The van der Waals surface area contributed by atoms with Crippen LogP contribution in [-0.4, -0.2) is 52.1 Å². The van der Waals surface area contributed by atoms with E-state index in [1.54, 1.807) is 29.2 Å². The molecule has 4 heterocycles. The van der Waals surface area contributed by atoms with Gasteiger partial charge in [0.2, 0.25) is 11.7 Å². The first-order valence-corrected chi connectivity index (χ1v) is 8.44. The number of carbonyl (C=O) groups is 1. The first kappa shape index (κ1) is 16.8. The Bertz CT molecular complexity index is 997. The molecule has 0 saturated carbocycles. The van der Waals surface area contributed by atoms with Crippen LogP contribution < -0.4 is 4.90 Å². The van der Waals surface area contributed by atoms with Crippen molar-refractivity contribution in [2.45, 2.75) is 6.92 Å². The molecule has 1 amide bonds. The lowest BCUT2D eigenvalue weighted by molar-refractivity contribution is 0.0736. The third-order valence-electron chi connectivity index (χ3n) is 4.30. The molecule has 1 saturated heterocycles. The van der Waals surface area contributed by atoms with Crippen LogP contribution in [0, 0.1) is 18.3 Å². The van der Waals surface area contributed by atoms with E-state index in [9.17, 15) is 4.79 Å². The molecule has 1 aliphatic rings. The average Bonchev–Trinajstić information content (AvgIpc) is 3.38. The lowest BCUT2D eigenvalue weighted by Gasteiger charge is -2.34. The van der Waals surface area contributed by atoms with E-state index < -0.39 is 0 Å². The third-order valence-corrected chi connectivity index (χ3v) is 4.30. The molecule has 9 heteroatoms.